The van der Waals surface area contributed by atoms with Crippen LogP contribution >= 0.6 is 0 Å². The van der Waals surface area contributed by atoms with Crippen LogP contribution in [0.5, 0.6) is 0 Å². The highest BCUT2D eigenvalue weighted by atomic mass is 16.5. The molecule has 6 heteroatoms. The molecule has 0 saturated heterocycles. The van der Waals surface area contributed by atoms with Gasteiger partial charge in [-0.1, -0.05) is 30.3 Å². The average molecular weight is 263 g/mol. The molecule has 0 bridgehead atoms. The molecule has 0 aliphatic heterocycles. The highest BCUT2D eigenvalue weighted by molar-refractivity contribution is 5.96. The van der Waals surface area contributed by atoms with Crippen molar-refractivity contribution in [1.29, 1.82) is 0 Å². The first-order valence-electron chi connectivity index (χ1n) is 5.39. The molecule has 0 heterocycles. The summed E-state index contributed by atoms with van der Waals surface area (Å²) in [6, 6.07) is 7.53. The summed E-state index contributed by atoms with van der Waals surface area (Å²) in [7, 11) is 1.21. The fourth-order valence-corrected chi connectivity index (χ4v) is 1.38. The Morgan fingerprint density at radius 1 is 1.21 bits per heavy atom. The van der Waals surface area contributed by atoms with Crippen LogP contribution < -0.4 is 5.32 Å². The minimum atomic E-state index is -1.25. The van der Waals surface area contributed by atoms with Gasteiger partial charge < -0.3 is 15.2 Å². The van der Waals surface area contributed by atoms with Crippen LogP contribution in [0.4, 0.5) is 0 Å². The molecule has 19 heavy (non-hydrogen) atoms. The molecule has 0 fully saturated rings. The Balaban J connectivity index is 2.85. The van der Waals surface area contributed by atoms with Gasteiger partial charge in [0.25, 0.3) is 0 Å². The predicted octanol–water partition coefficient (Wildman–Crippen LogP) is 0.658. The minimum Gasteiger partial charge on any atom is -0.478 e. The summed E-state index contributed by atoms with van der Waals surface area (Å²) in [5, 5.41) is 10.8. The zero-order chi connectivity index (χ0) is 14.3. The summed E-state index contributed by atoms with van der Waals surface area (Å²) in [5.74, 6) is -2.57. The lowest BCUT2D eigenvalue weighted by molar-refractivity contribution is -0.144. The number of carbonyl (C=O) groups excluding carboxylic acids is 2. The van der Waals surface area contributed by atoms with Crippen molar-refractivity contribution >= 4 is 17.8 Å². The third-order valence-corrected chi connectivity index (χ3v) is 2.23. The van der Waals surface area contributed by atoms with Crippen LogP contribution in [0.25, 0.3) is 0 Å². The van der Waals surface area contributed by atoms with Gasteiger partial charge in [-0.3, -0.25) is 4.79 Å². The SMILES string of the molecule is COC(=O)[C@H](NC(=O)C=CC(=O)O)c1ccccc1. The van der Waals surface area contributed by atoms with Gasteiger partial charge in [-0.15, -0.1) is 0 Å². The summed E-state index contributed by atoms with van der Waals surface area (Å²) < 4.78 is 4.60. The first-order chi connectivity index (χ1) is 9.04. The van der Waals surface area contributed by atoms with E-state index < -0.39 is 23.9 Å². The Morgan fingerprint density at radius 3 is 2.37 bits per heavy atom. The van der Waals surface area contributed by atoms with E-state index in [1.165, 1.54) is 7.11 Å². The number of carboxylic acids is 1. The highest BCUT2D eigenvalue weighted by Crippen LogP contribution is 2.13. The number of aliphatic carboxylic acids is 1. The molecular formula is C13H13NO5. The summed E-state index contributed by atoms with van der Waals surface area (Å²) >= 11 is 0. The summed E-state index contributed by atoms with van der Waals surface area (Å²) in [5.41, 5.74) is 0.548. The molecule has 0 unspecified atom stereocenters. The Morgan fingerprint density at radius 2 is 1.84 bits per heavy atom. The monoisotopic (exact) mass is 263 g/mol. The standard InChI is InChI=1S/C13H13NO5/c1-19-13(18)12(9-5-3-2-4-6-9)14-10(15)7-8-11(16)17/h2-8,12H,1H3,(H,14,15)(H,16,17)/t12-/m1/s1. The van der Waals surface area contributed by atoms with E-state index in [0.29, 0.717) is 11.6 Å². The van der Waals surface area contributed by atoms with Gasteiger partial charge in [0, 0.05) is 12.2 Å². The number of carbonyl (C=O) groups is 3. The third kappa shape index (κ3) is 4.63. The Labute approximate surface area is 109 Å². The van der Waals surface area contributed by atoms with Gasteiger partial charge in [-0.25, -0.2) is 9.59 Å². The van der Waals surface area contributed by atoms with E-state index in [1.807, 2.05) is 0 Å². The fraction of sp³-hybridized carbons (Fsp3) is 0.154. The van der Waals surface area contributed by atoms with Crippen molar-refractivity contribution < 1.29 is 24.2 Å². The van der Waals surface area contributed by atoms with Gasteiger partial charge >= 0.3 is 11.9 Å². The molecule has 100 valence electrons. The molecule has 6 nitrogen and oxygen atoms in total. The minimum absolute atomic E-state index is 0.548. The molecule has 1 aromatic carbocycles. The maximum absolute atomic E-state index is 11.6. The quantitative estimate of drug-likeness (QED) is 0.601. The lowest BCUT2D eigenvalue weighted by Crippen LogP contribution is -2.33. The number of hydrogen-bond donors (Lipinski definition) is 2. The topological polar surface area (TPSA) is 92.7 Å². The third-order valence-electron chi connectivity index (χ3n) is 2.23. The van der Waals surface area contributed by atoms with Crippen molar-refractivity contribution in [2.75, 3.05) is 7.11 Å². The van der Waals surface area contributed by atoms with Crippen LogP contribution in [0, 0.1) is 0 Å². The zero-order valence-electron chi connectivity index (χ0n) is 10.2. The molecule has 2 N–H and O–H groups in total. The highest BCUT2D eigenvalue weighted by Gasteiger charge is 2.22. The van der Waals surface area contributed by atoms with Crippen LogP contribution in [0.15, 0.2) is 42.5 Å². The molecular weight excluding hydrogens is 250 g/mol. The molecule has 0 spiro atoms. The zero-order valence-corrected chi connectivity index (χ0v) is 10.2. The van der Waals surface area contributed by atoms with E-state index >= 15 is 0 Å². The van der Waals surface area contributed by atoms with E-state index in [4.69, 9.17) is 5.11 Å². The van der Waals surface area contributed by atoms with Crippen LogP contribution in [-0.4, -0.2) is 30.1 Å². The lowest BCUT2D eigenvalue weighted by Gasteiger charge is -2.15. The number of esters is 1. The normalized spacial score (nSPS) is 11.8. The molecule has 0 aliphatic rings. The average Bonchev–Trinajstić information content (AvgIpc) is 2.42. The summed E-state index contributed by atoms with van der Waals surface area (Å²) in [6.45, 7) is 0. The molecule has 1 rings (SSSR count). The van der Waals surface area contributed by atoms with E-state index in [0.717, 1.165) is 6.08 Å². The van der Waals surface area contributed by atoms with E-state index in [2.05, 4.69) is 10.1 Å². The van der Waals surface area contributed by atoms with Crippen LogP contribution in [-0.2, 0) is 19.1 Å². The van der Waals surface area contributed by atoms with Crippen molar-refractivity contribution in [3.05, 3.63) is 48.0 Å². The first-order valence-corrected chi connectivity index (χ1v) is 5.39. The second kappa shape index (κ2) is 6.95. The smallest absolute Gasteiger partial charge is 0.333 e. The number of amides is 1. The molecule has 0 radical (unpaired) electrons. The predicted molar refractivity (Wildman–Crippen MR) is 66.1 cm³/mol. The molecule has 0 aromatic heterocycles. The second-order valence-corrected chi connectivity index (χ2v) is 3.55. The summed E-state index contributed by atoms with van der Waals surface area (Å²) in [4.78, 5) is 33.4. The van der Waals surface area contributed by atoms with Crippen molar-refractivity contribution in [3.8, 4) is 0 Å². The molecule has 0 aliphatic carbocycles. The molecule has 0 saturated carbocycles. The van der Waals surface area contributed by atoms with Gasteiger partial charge in [-0.05, 0) is 5.56 Å². The number of hydrogen-bond acceptors (Lipinski definition) is 4. The van der Waals surface area contributed by atoms with Crippen LogP contribution in [0.1, 0.15) is 11.6 Å². The van der Waals surface area contributed by atoms with Gasteiger partial charge in [-0.2, -0.15) is 0 Å². The van der Waals surface area contributed by atoms with Gasteiger partial charge in [0.15, 0.2) is 6.04 Å². The van der Waals surface area contributed by atoms with E-state index in [1.54, 1.807) is 30.3 Å². The molecule has 1 atom stereocenters. The van der Waals surface area contributed by atoms with Gasteiger partial charge in [0.2, 0.25) is 5.91 Å². The van der Waals surface area contributed by atoms with E-state index in [9.17, 15) is 14.4 Å². The Bertz CT molecular complexity index is 495. The number of methoxy groups -OCH3 is 1. The van der Waals surface area contributed by atoms with Gasteiger partial charge in [0.1, 0.15) is 0 Å². The lowest BCUT2D eigenvalue weighted by atomic mass is 10.1. The molecule has 1 amide bonds. The van der Waals surface area contributed by atoms with Crippen molar-refractivity contribution in [3.63, 3.8) is 0 Å². The largest absolute Gasteiger partial charge is 0.478 e. The number of carboxylic acid groups (broad SMARTS) is 1. The summed E-state index contributed by atoms with van der Waals surface area (Å²) in [6.07, 6.45) is 1.52. The Kier molecular flexibility index (Phi) is 5.28. The van der Waals surface area contributed by atoms with E-state index in [-0.39, 0.29) is 0 Å². The maximum Gasteiger partial charge on any atom is 0.333 e. The fourth-order valence-electron chi connectivity index (χ4n) is 1.38. The number of benzene rings is 1. The number of ether oxygens (including phenoxy) is 1. The number of nitrogens with one attached hydrogen (secondary N) is 1. The van der Waals surface area contributed by atoms with Crippen molar-refractivity contribution in [2.24, 2.45) is 0 Å². The van der Waals surface area contributed by atoms with Crippen LogP contribution in [0.3, 0.4) is 0 Å². The van der Waals surface area contributed by atoms with Crippen molar-refractivity contribution in [1.82, 2.24) is 5.32 Å². The van der Waals surface area contributed by atoms with Crippen molar-refractivity contribution in [2.45, 2.75) is 6.04 Å². The second-order valence-electron chi connectivity index (χ2n) is 3.55. The maximum atomic E-state index is 11.6. The van der Waals surface area contributed by atoms with Crippen LogP contribution in [0.2, 0.25) is 0 Å². The van der Waals surface area contributed by atoms with Gasteiger partial charge in [0.05, 0.1) is 7.11 Å². The Hall–Kier alpha value is -2.63. The first kappa shape index (κ1) is 14.4. The molecule has 1 aromatic rings. The number of rotatable bonds is 5.